The highest BCUT2D eigenvalue weighted by Crippen LogP contribution is 2.36. The quantitative estimate of drug-likeness (QED) is 0.659. The summed E-state index contributed by atoms with van der Waals surface area (Å²) < 4.78 is 0. The summed E-state index contributed by atoms with van der Waals surface area (Å²) in [5.74, 6) is -0.332. The van der Waals surface area contributed by atoms with Gasteiger partial charge >= 0.3 is 0 Å². The Kier molecular flexibility index (Phi) is 4.99. The van der Waals surface area contributed by atoms with E-state index in [0.717, 1.165) is 22.9 Å². The summed E-state index contributed by atoms with van der Waals surface area (Å²) >= 11 is 13.1. The van der Waals surface area contributed by atoms with Crippen molar-refractivity contribution in [2.75, 3.05) is 0 Å². The third kappa shape index (κ3) is 3.51. The van der Waals surface area contributed by atoms with Crippen molar-refractivity contribution in [2.24, 2.45) is 0 Å². The Balaban J connectivity index is 1.86. The van der Waals surface area contributed by atoms with Gasteiger partial charge in [0.2, 0.25) is 0 Å². The fourth-order valence-electron chi connectivity index (χ4n) is 2.29. The highest BCUT2D eigenvalue weighted by atomic mass is 35.5. The molecule has 1 fully saturated rings. The molecule has 6 heteroatoms. The zero-order valence-corrected chi connectivity index (χ0v) is 15.1. The second-order valence-corrected chi connectivity index (χ2v) is 7.20. The van der Waals surface area contributed by atoms with Crippen molar-refractivity contribution in [1.29, 1.82) is 0 Å². The molecule has 122 valence electrons. The average molecular weight is 378 g/mol. The summed E-state index contributed by atoms with van der Waals surface area (Å²) in [4.78, 5) is 26.3. The monoisotopic (exact) mass is 377 g/mol. The van der Waals surface area contributed by atoms with E-state index in [1.807, 2.05) is 31.2 Å². The van der Waals surface area contributed by atoms with E-state index in [9.17, 15) is 9.59 Å². The van der Waals surface area contributed by atoms with Crippen LogP contribution < -0.4 is 0 Å². The lowest BCUT2D eigenvalue weighted by molar-refractivity contribution is -0.123. The Bertz CT molecular complexity index is 826. The lowest BCUT2D eigenvalue weighted by Gasteiger charge is -2.12. The average Bonchev–Trinajstić information content (AvgIpc) is 2.80. The number of hydrogen-bond acceptors (Lipinski definition) is 3. The standard InChI is InChI=1S/C18H13Cl2NO2S/c1-11-5-7-12(8-6-11)10-21-17(22)16(24-18(21)23)9-13-14(19)3-2-4-15(13)20/h2-9H,10H2,1H3/b16-9+. The Hall–Kier alpha value is -1.75. The van der Waals surface area contributed by atoms with Crippen LogP contribution in [0.3, 0.4) is 0 Å². The number of hydrogen-bond donors (Lipinski definition) is 0. The van der Waals surface area contributed by atoms with Crippen molar-refractivity contribution in [3.63, 3.8) is 0 Å². The number of aryl methyl sites for hydroxylation is 1. The molecule has 0 spiro atoms. The molecule has 3 nitrogen and oxygen atoms in total. The van der Waals surface area contributed by atoms with Crippen LogP contribution in [0.2, 0.25) is 10.0 Å². The number of thioether (sulfide) groups is 1. The fourth-order valence-corrected chi connectivity index (χ4v) is 3.62. The van der Waals surface area contributed by atoms with Crippen molar-refractivity contribution in [1.82, 2.24) is 4.90 Å². The molecule has 2 aromatic rings. The van der Waals surface area contributed by atoms with Crippen molar-refractivity contribution >= 4 is 52.2 Å². The summed E-state index contributed by atoms with van der Waals surface area (Å²) in [5, 5.41) is 0.579. The molecule has 2 amide bonds. The molecule has 0 unspecified atom stereocenters. The van der Waals surface area contributed by atoms with Crippen LogP contribution in [0, 0.1) is 6.92 Å². The van der Waals surface area contributed by atoms with E-state index in [-0.39, 0.29) is 17.7 Å². The molecule has 0 aliphatic carbocycles. The fraction of sp³-hybridized carbons (Fsp3) is 0.111. The minimum Gasteiger partial charge on any atom is -0.268 e. The lowest BCUT2D eigenvalue weighted by Crippen LogP contribution is -2.27. The third-order valence-electron chi connectivity index (χ3n) is 3.61. The highest BCUT2D eigenvalue weighted by Gasteiger charge is 2.35. The first-order valence-corrected chi connectivity index (χ1v) is 8.78. The molecule has 0 N–H and O–H groups in total. The summed E-state index contributed by atoms with van der Waals surface area (Å²) in [7, 11) is 0. The number of carbonyl (C=O) groups excluding carboxylic acids is 2. The molecule has 0 aromatic heterocycles. The van der Waals surface area contributed by atoms with Gasteiger partial charge in [0, 0.05) is 15.6 Å². The predicted octanol–water partition coefficient (Wildman–Crippen LogP) is 5.54. The van der Waals surface area contributed by atoms with Crippen LogP contribution in [0.25, 0.3) is 6.08 Å². The SMILES string of the molecule is Cc1ccc(CN2C(=O)S/C(=C/c3c(Cl)cccc3Cl)C2=O)cc1. The van der Waals surface area contributed by atoms with Gasteiger partial charge in [-0.1, -0.05) is 59.1 Å². The van der Waals surface area contributed by atoms with Crippen LogP contribution in [-0.4, -0.2) is 16.0 Å². The van der Waals surface area contributed by atoms with Gasteiger partial charge in [0.1, 0.15) is 0 Å². The van der Waals surface area contributed by atoms with Gasteiger partial charge < -0.3 is 0 Å². The Morgan fingerprint density at radius 2 is 1.67 bits per heavy atom. The van der Waals surface area contributed by atoms with E-state index < -0.39 is 0 Å². The van der Waals surface area contributed by atoms with Crippen LogP contribution >= 0.6 is 35.0 Å². The van der Waals surface area contributed by atoms with Crippen LogP contribution in [0.5, 0.6) is 0 Å². The van der Waals surface area contributed by atoms with Crippen molar-refractivity contribution < 1.29 is 9.59 Å². The molecule has 24 heavy (non-hydrogen) atoms. The molecule has 3 rings (SSSR count). The van der Waals surface area contributed by atoms with E-state index in [0.29, 0.717) is 20.5 Å². The van der Waals surface area contributed by atoms with Crippen molar-refractivity contribution in [3.8, 4) is 0 Å². The number of rotatable bonds is 3. The molecule has 0 atom stereocenters. The van der Waals surface area contributed by atoms with E-state index in [4.69, 9.17) is 23.2 Å². The highest BCUT2D eigenvalue weighted by molar-refractivity contribution is 8.18. The molecule has 1 saturated heterocycles. The largest absolute Gasteiger partial charge is 0.293 e. The molecule has 1 aliphatic heterocycles. The summed E-state index contributed by atoms with van der Waals surface area (Å²) in [5.41, 5.74) is 2.57. The molecule has 0 radical (unpaired) electrons. The first-order valence-electron chi connectivity index (χ1n) is 7.20. The minimum absolute atomic E-state index is 0.249. The van der Waals surface area contributed by atoms with Gasteiger partial charge in [-0.3, -0.25) is 14.5 Å². The molecule has 2 aromatic carbocycles. The minimum atomic E-state index is -0.332. The maximum absolute atomic E-state index is 12.5. The van der Waals surface area contributed by atoms with Crippen LogP contribution in [0.4, 0.5) is 4.79 Å². The van der Waals surface area contributed by atoms with Crippen molar-refractivity contribution in [3.05, 3.63) is 74.1 Å². The normalized spacial score (nSPS) is 16.3. The van der Waals surface area contributed by atoms with Gasteiger partial charge in [0.05, 0.1) is 11.4 Å². The van der Waals surface area contributed by atoms with Gasteiger partial charge in [0.15, 0.2) is 0 Å². The van der Waals surface area contributed by atoms with E-state index >= 15 is 0 Å². The van der Waals surface area contributed by atoms with Gasteiger partial charge in [-0.2, -0.15) is 0 Å². The molecule has 0 saturated carbocycles. The second-order valence-electron chi connectivity index (χ2n) is 5.39. The number of imide groups is 1. The van der Waals surface area contributed by atoms with Gasteiger partial charge in [0.25, 0.3) is 11.1 Å². The number of carbonyl (C=O) groups is 2. The predicted molar refractivity (Wildman–Crippen MR) is 99.2 cm³/mol. The molecular formula is C18H13Cl2NO2S. The number of nitrogens with zero attached hydrogens (tertiary/aromatic N) is 1. The zero-order chi connectivity index (χ0) is 17.3. The van der Waals surface area contributed by atoms with Crippen molar-refractivity contribution in [2.45, 2.75) is 13.5 Å². The first kappa shape index (κ1) is 17.1. The van der Waals surface area contributed by atoms with E-state index in [2.05, 4.69) is 0 Å². The van der Waals surface area contributed by atoms with Gasteiger partial charge in [-0.25, -0.2) is 0 Å². The zero-order valence-electron chi connectivity index (χ0n) is 12.8. The maximum Gasteiger partial charge on any atom is 0.293 e. The second kappa shape index (κ2) is 7.01. The van der Waals surface area contributed by atoms with Crippen LogP contribution in [-0.2, 0) is 11.3 Å². The van der Waals surface area contributed by atoms with E-state index in [1.54, 1.807) is 24.3 Å². The number of amides is 2. The molecular weight excluding hydrogens is 365 g/mol. The third-order valence-corrected chi connectivity index (χ3v) is 5.18. The Morgan fingerprint density at radius 1 is 1.04 bits per heavy atom. The Labute approximate surface area is 154 Å². The first-order chi connectivity index (χ1) is 11.5. The molecule has 1 aliphatic rings. The topological polar surface area (TPSA) is 37.4 Å². The maximum atomic E-state index is 12.5. The van der Waals surface area contributed by atoms with Crippen LogP contribution in [0.1, 0.15) is 16.7 Å². The van der Waals surface area contributed by atoms with Gasteiger partial charge in [-0.05, 0) is 42.5 Å². The summed E-state index contributed by atoms with van der Waals surface area (Å²) in [6.45, 7) is 2.23. The van der Waals surface area contributed by atoms with Gasteiger partial charge in [-0.15, -0.1) is 0 Å². The van der Waals surface area contributed by atoms with E-state index in [1.165, 1.54) is 4.90 Å². The smallest absolute Gasteiger partial charge is 0.268 e. The molecule has 0 bridgehead atoms. The summed E-state index contributed by atoms with van der Waals surface area (Å²) in [6, 6.07) is 12.8. The number of benzene rings is 2. The molecule has 1 heterocycles. The van der Waals surface area contributed by atoms with Crippen LogP contribution in [0.15, 0.2) is 47.4 Å². The lowest BCUT2D eigenvalue weighted by atomic mass is 10.1. The number of halogens is 2. The Morgan fingerprint density at radius 3 is 2.29 bits per heavy atom. The summed E-state index contributed by atoms with van der Waals surface area (Å²) in [6.07, 6.45) is 1.57.